The summed E-state index contributed by atoms with van der Waals surface area (Å²) in [4.78, 5) is 32.1. The molecule has 0 radical (unpaired) electrons. The molecule has 0 spiro atoms. The van der Waals surface area contributed by atoms with Gasteiger partial charge in [0, 0.05) is 32.1 Å². The number of amides is 1. The molecule has 18 heavy (non-hydrogen) atoms. The van der Waals surface area contributed by atoms with Gasteiger partial charge in [-0.25, -0.2) is 0 Å². The van der Waals surface area contributed by atoms with E-state index in [1.807, 2.05) is 0 Å². The van der Waals surface area contributed by atoms with Gasteiger partial charge in [0.1, 0.15) is 0 Å². The summed E-state index contributed by atoms with van der Waals surface area (Å²) in [5.74, 6) is -0.0949. The minimum atomic E-state index is -0.534. The fourth-order valence-electron chi connectivity index (χ4n) is 1.47. The van der Waals surface area contributed by atoms with E-state index in [-0.39, 0.29) is 17.2 Å². The summed E-state index contributed by atoms with van der Waals surface area (Å²) in [6, 6.07) is 2.38. The standard InChI is InChI=1S/C11H15N3O4/c1-9(15)12-6-2-3-7-13-8-10(14(17)18)4-5-11(13)16/h4-5,8H,2-3,6-7H2,1H3,(H,12,15). The van der Waals surface area contributed by atoms with Crippen molar-refractivity contribution in [3.8, 4) is 0 Å². The Morgan fingerprint density at radius 1 is 1.44 bits per heavy atom. The first-order valence-electron chi connectivity index (χ1n) is 5.60. The number of rotatable bonds is 6. The van der Waals surface area contributed by atoms with E-state index in [0.717, 1.165) is 0 Å². The van der Waals surface area contributed by atoms with E-state index in [9.17, 15) is 19.7 Å². The molecular weight excluding hydrogens is 238 g/mol. The lowest BCUT2D eigenvalue weighted by atomic mass is 10.3. The van der Waals surface area contributed by atoms with Crippen LogP contribution in [0.4, 0.5) is 5.69 Å². The molecule has 7 nitrogen and oxygen atoms in total. The highest BCUT2D eigenvalue weighted by Gasteiger charge is 2.07. The summed E-state index contributed by atoms with van der Waals surface area (Å²) < 4.78 is 1.31. The van der Waals surface area contributed by atoms with Crippen LogP contribution in [0.1, 0.15) is 19.8 Å². The van der Waals surface area contributed by atoms with E-state index < -0.39 is 4.92 Å². The van der Waals surface area contributed by atoms with E-state index in [4.69, 9.17) is 0 Å². The fourth-order valence-corrected chi connectivity index (χ4v) is 1.47. The van der Waals surface area contributed by atoms with Crippen molar-refractivity contribution in [3.63, 3.8) is 0 Å². The lowest BCUT2D eigenvalue weighted by molar-refractivity contribution is -0.385. The molecule has 1 amide bonds. The van der Waals surface area contributed by atoms with Gasteiger partial charge in [-0.2, -0.15) is 0 Å². The predicted octanol–water partition coefficient (Wildman–Crippen LogP) is 0.673. The quantitative estimate of drug-likeness (QED) is 0.458. The summed E-state index contributed by atoms with van der Waals surface area (Å²) in [6.45, 7) is 2.38. The minimum Gasteiger partial charge on any atom is -0.356 e. The molecule has 1 N–H and O–H groups in total. The van der Waals surface area contributed by atoms with Gasteiger partial charge in [-0.15, -0.1) is 0 Å². The normalized spacial score (nSPS) is 10.1. The largest absolute Gasteiger partial charge is 0.356 e. The molecule has 1 heterocycles. The lowest BCUT2D eigenvalue weighted by Gasteiger charge is -2.05. The van der Waals surface area contributed by atoms with E-state index in [1.165, 1.54) is 29.8 Å². The number of aromatic nitrogens is 1. The SMILES string of the molecule is CC(=O)NCCCCn1cc([N+](=O)[O-])ccc1=O. The Balaban J connectivity index is 2.51. The van der Waals surface area contributed by atoms with Gasteiger partial charge in [0.25, 0.3) is 11.2 Å². The Morgan fingerprint density at radius 2 is 2.17 bits per heavy atom. The topological polar surface area (TPSA) is 94.2 Å². The van der Waals surface area contributed by atoms with Crippen LogP contribution in [0.25, 0.3) is 0 Å². The third kappa shape index (κ3) is 4.36. The number of nitrogens with zero attached hydrogens (tertiary/aromatic N) is 2. The van der Waals surface area contributed by atoms with Crippen molar-refractivity contribution in [1.29, 1.82) is 0 Å². The minimum absolute atomic E-state index is 0.0949. The number of carbonyl (C=O) groups excluding carboxylic acids is 1. The van der Waals surface area contributed by atoms with Crippen LogP contribution in [0.5, 0.6) is 0 Å². The Bertz CT molecular complexity index is 495. The monoisotopic (exact) mass is 253 g/mol. The molecule has 98 valence electrons. The van der Waals surface area contributed by atoms with Crippen LogP contribution in [-0.4, -0.2) is 21.9 Å². The molecule has 0 aliphatic rings. The molecule has 1 rings (SSSR count). The van der Waals surface area contributed by atoms with Gasteiger partial charge in [0.15, 0.2) is 0 Å². The van der Waals surface area contributed by atoms with Crippen LogP contribution in [-0.2, 0) is 11.3 Å². The Hall–Kier alpha value is -2.18. The average Bonchev–Trinajstić information content (AvgIpc) is 2.30. The second-order valence-electron chi connectivity index (χ2n) is 3.87. The molecule has 0 unspecified atom stereocenters. The zero-order valence-electron chi connectivity index (χ0n) is 10.1. The van der Waals surface area contributed by atoms with E-state index >= 15 is 0 Å². The third-order valence-corrected chi connectivity index (χ3v) is 2.38. The maximum absolute atomic E-state index is 11.4. The van der Waals surface area contributed by atoms with Gasteiger partial charge >= 0.3 is 0 Å². The first kappa shape index (κ1) is 13.9. The molecule has 1 aromatic rings. The number of hydrogen-bond donors (Lipinski definition) is 1. The highest BCUT2D eigenvalue weighted by Crippen LogP contribution is 2.06. The number of nitro groups is 1. The van der Waals surface area contributed by atoms with Crippen molar-refractivity contribution in [2.24, 2.45) is 0 Å². The van der Waals surface area contributed by atoms with Gasteiger partial charge in [-0.3, -0.25) is 19.7 Å². The van der Waals surface area contributed by atoms with Gasteiger partial charge in [0.2, 0.25) is 5.91 Å². The zero-order chi connectivity index (χ0) is 13.5. The lowest BCUT2D eigenvalue weighted by Crippen LogP contribution is -2.22. The first-order chi connectivity index (χ1) is 8.50. The molecular formula is C11H15N3O4. The summed E-state index contributed by atoms with van der Waals surface area (Å²) in [6.07, 6.45) is 2.62. The third-order valence-electron chi connectivity index (χ3n) is 2.38. The van der Waals surface area contributed by atoms with E-state index in [2.05, 4.69) is 5.32 Å². The maximum atomic E-state index is 11.4. The van der Waals surface area contributed by atoms with Crippen molar-refractivity contribution in [1.82, 2.24) is 9.88 Å². The molecule has 0 saturated carbocycles. The smallest absolute Gasteiger partial charge is 0.285 e. The molecule has 0 fully saturated rings. The van der Waals surface area contributed by atoms with Crippen molar-refractivity contribution in [2.75, 3.05) is 6.54 Å². The van der Waals surface area contributed by atoms with Gasteiger partial charge in [-0.05, 0) is 12.8 Å². The van der Waals surface area contributed by atoms with Crippen molar-refractivity contribution in [2.45, 2.75) is 26.3 Å². The molecule has 0 aromatic carbocycles. The summed E-state index contributed by atoms with van der Waals surface area (Å²) in [7, 11) is 0. The molecule has 0 aliphatic heterocycles. The molecule has 0 saturated heterocycles. The molecule has 0 aliphatic carbocycles. The van der Waals surface area contributed by atoms with Gasteiger partial charge in [-0.1, -0.05) is 0 Å². The molecule has 0 atom stereocenters. The van der Waals surface area contributed by atoms with Crippen molar-refractivity contribution in [3.05, 3.63) is 38.8 Å². The van der Waals surface area contributed by atoms with Crippen LogP contribution in [0.3, 0.4) is 0 Å². The number of unbranched alkanes of at least 4 members (excludes halogenated alkanes) is 1. The van der Waals surface area contributed by atoms with E-state index in [0.29, 0.717) is 25.9 Å². The number of nitrogens with one attached hydrogen (secondary N) is 1. The van der Waals surface area contributed by atoms with Crippen LogP contribution < -0.4 is 10.9 Å². The number of hydrogen-bond acceptors (Lipinski definition) is 4. The molecule has 7 heteroatoms. The number of carbonyl (C=O) groups is 1. The number of aryl methyl sites for hydroxylation is 1. The average molecular weight is 253 g/mol. The second-order valence-corrected chi connectivity index (χ2v) is 3.87. The Labute approximate surface area is 104 Å². The van der Waals surface area contributed by atoms with Crippen LogP contribution in [0, 0.1) is 10.1 Å². The Kier molecular flexibility index (Phi) is 5.04. The van der Waals surface area contributed by atoms with Crippen LogP contribution in [0.15, 0.2) is 23.1 Å². The summed E-state index contributed by atoms with van der Waals surface area (Å²) in [5.41, 5.74) is -0.364. The zero-order valence-corrected chi connectivity index (χ0v) is 10.1. The second kappa shape index (κ2) is 6.53. The fraction of sp³-hybridized carbons (Fsp3) is 0.455. The summed E-state index contributed by atoms with van der Waals surface area (Å²) in [5, 5.41) is 13.2. The molecule has 1 aromatic heterocycles. The van der Waals surface area contributed by atoms with Crippen LogP contribution >= 0.6 is 0 Å². The highest BCUT2D eigenvalue weighted by atomic mass is 16.6. The predicted molar refractivity (Wildman–Crippen MR) is 65.3 cm³/mol. The first-order valence-corrected chi connectivity index (χ1v) is 5.60. The molecule has 0 bridgehead atoms. The number of pyridine rings is 1. The van der Waals surface area contributed by atoms with Gasteiger partial charge in [0.05, 0.1) is 11.1 Å². The van der Waals surface area contributed by atoms with Crippen molar-refractivity contribution < 1.29 is 9.72 Å². The summed E-state index contributed by atoms with van der Waals surface area (Å²) >= 11 is 0. The highest BCUT2D eigenvalue weighted by molar-refractivity contribution is 5.72. The van der Waals surface area contributed by atoms with Crippen molar-refractivity contribution >= 4 is 11.6 Å². The maximum Gasteiger partial charge on any atom is 0.285 e. The van der Waals surface area contributed by atoms with Crippen LogP contribution in [0.2, 0.25) is 0 Å². The van der Waals surface area contributed by atoms with E-state index in [1.54, 1.807) is 0 Å². The van der Waals surface area contributed by atoms with Gasteiger partial charge < -0.3 is 9.88 Å². The Morgan fingerprint density at radius 3 is 2.78 bits per heavy atom.